The molecule has 6 nitrogen and oxygen atoms in total. The van der Waals surface area contributed by atoms with Crippen molar-refractivity contribution in [1.29, 1.82) is 0 Å². The number of para-hydroxylation sites is 1. The van der Waals surface area contributed by atoms with Gasteiger partial charge in [-0.15, -0.1) is 0 Å². The van der Waals surface area contributed by atoms with Crippen LogP contribution in [0.25, 0.3) is 11.1 Å². The molecule has 0 N–H and O–H groups in total. The predicted octanol–water partition coefficient (Wildman–Crippen LogP) is 3.42. The molecule has 3 aliphatic heterocycles. The van der Waals surface area contributed by atoms with E-state index in [4.69, 9.17) is 0 Å². The normalized spacial score (nSPS) is 22.3. The highest BCUT2D eigenvalue weighted by molar-refractivity contribution is 6.09. The first kappa shape index (κ1) is 21.5. The van der Waals surface area contributed by atoms with Crippen LogP contribution in [0.3, 0.4) is 0 Å². The lowest BCUT2D eigenvalue weighted by Gasteiger charge is -2.52. The van der Waals surface area contributed by atoms with Crippen molar-refractivity contribution in [1.82, 2.24) is 19.6 Å². The van der Waals surface area contributed by atoms with Crippen molar-refractivity contribution in [2.24, 2.45) is 7.05 Å². The first-order chi connectivity index (χ1) is 16.4. The lowest BCUT2D eigenvalue weighted by Crippen LogP contribution is -2.67. The molecule has 3 aliphatic rings. The van der Waals surface area contributed by atoms with E-state index in [1.165, 1.54) is 12.8 Å². The number of amides is 1. The zero-order valence-corrected chi connectivity index (χ0v) is 19.7. The Hall–Kier alpha value is -3.03. The molecule has 2 saturated heterocycles. The Bertz CT molecular complexity index is 1250. The molecule has 2 fully saturated rings. The van der Waals surface area contributed by atoms with E-state index in [0.717, 1.165) is 48.6 Å². The highest BCUT2D eigenvalue weighted by atomic mass is 19.1. The standard InChI is InChI=1S/C27H30FN5O/c1-30-11-5-6-22(16-30)32-17-27(18-32)23-7-3-4-8-25(23)33(26(27)34)15-20-10-9-19(12-24(20)28)21-13-29-31(2)14-21/h3-4,7-10,12-14,22H,5-6,11,15-18H2,1-2H3. The van der Waals surface area contributed by atoms with E-state index in [9.17, 15) is 4.79 Å². The van der Waals surface area contributed by atoms with E-state index in [1.807, 2.05) is 37.5 Å². The first-order valence-corrected chi connectivity index (χ1v) is 12.1. The molecular weight excluding hydrogens is 429 g/mol. The summed E-state index contributed by atoms with van der Waals surface area (Å²) in [7, 11) is 4.02. The van der Waals surface area contributed by atoms with E-state index >= 15 is 4.39 Å². The lowest BCUT2D eigenvalue weighted by molar-refractivity contribution is -0.131. The summed E-state index contributed by atoms with van der Waals surface area (Å²) in [5.74, 6) is -0.196. The van der Waals surface area contributed by atoms with Crippen LogP contribution >= 0.6 is 0 Å². The van der Waals surface area contributed by atoms with E-state index in [1.54, 1.807) is 27.9 Å². The molecule has 1 unspecified atom stereocenters. The van der Waals surface area contributed by atoms with Crippen LogP contribution in [0.15, 0.2) is 54.9 Å². The van der Waals surface area contributed by atoms with Gasteiger partial charge in [0.05, 0.1) is 12.7 Å². The molecule has 34 heavy (non-hydrogen) atoms. The largest absolute Gasteiger partial charge is 0.307 e. The number of benzene rings is 2. The van der Waals surface area contributed by atoms with Gasteiger partial charge >= 0.3 is 0 Å². The molecule has 2 aromatic carbocycles. The highest BCUT2D eigenvalue weighted by Gasteiger charge is 2.59. The van der Waals surface area contributed by atoms with Gasteiger partial charge in [0.1, 0.15) is 11.2 Å². The highest BCUT2D eigenvalue weighted by Crippen LogP contribution is 2.49. The van der Waals surface area contributed by atoms with Gasteiger partial charge in [0, 0.05) is 55.7 Å². The summed E-state index contributed by atoms with van der Waals surface area (Å²) in [6, 6.07) is 13.8. The minimum absolute atomic E-state index is 0.102. The van der Waals surface area contributed by atoms with Crippen LogP contribution in [0, 0.1) is 5.82 Å². The quantitative estimate of drug-likeness (QED) is 0.600. The zero-order valence-electron chi connectivity index (χ0n) is 19.7. The number of anilines is 1. The summed E-state index contributed by atoms with van der Waals surface area (Å²) in [5.41, 5.74) is 3.69. The van der Waals surface area contributed by atoms with Gasteiger partial charge in [-0.25, -0.2) is 4.39 Å². The van der Waals surface area contributed by atoms with Crippen molar-refractivity contribution in [2.45, 2.75) is 30.8 Å². The van der Waals surface area contributed by atoms with Crippen molar-refractivity contribution < 1.29 is 9.18 Å². The maximum absolute atomic E-state index is 15.2. The van der Waals surface area contributed by atoms with Crippen molar-refractivity contribution in [3.05, 3.63) is 71.8 Å². The zero-order chi connectivity index (χ0) is 23.4. The molecule has 3 aromatic rings. The van der Waals surface area contributed by atoms with E-state index in [0.29, 0.717) is 11.6 Å². The molecule has 6 rings (SSSR count). The third-order valence-electron chi connectivity index (χ3n) is 7.85. The Morgan fingerprint density at radius 2 is 1.94 bits per heavy atom. The number of carbonyl (C=O) groups is 1. The minimum Gasteiger partial charge on any atom is -0.307 e. The predicted molar refractivity (Wildman–Crippen MR) is 130 cm³/mol. The number of piperidine rings is 1. The molecule has 1 amide bonds. The van der Waals surface area contributed by atoms with Crippen molar-refractivity contribution in [3.63, 3.8) is 0 Å². The van der Waals surface area contributed by atoms with Gasteiger partial charge in [-0.2, -0.15) is 5.10 Å². The summed E-state index contributed by atoms with van der Waals surface area (Å²) in [6.07, 6.45) is 5.99. The van der Waals surface area contributed by atoms with Crippen LogP contribution in [0.4, 0.5) is 10.1 Å². The minimum atomic E-state index is -0.501. The van der Waals surface area contributed by atoms with Gasteiger partial charge in [0.15, 0.2) is 0 Å². The number of likely N-dealkylation sites (N-methyl/N-ethyl adjacent to an activating group) is 1. The molecule has 4 heterocycles. The molecule has 0 radical (unpaired) electrons. The second kappa shape index (κ2) is 8.03. The van der Waals surface area contributed by atoms with Crippen LogP contribution in [0.2, 0.25) is 0 Å². The number of halogens is 1. The molecule has 1 aromatic heterocycles. The summed E-state index contributed by atoms with van der Waals surface area (Å²) >= 11 is 0. The Morgan fingerprint density at radius 3 is 2.68 bits per heavy atom. The number of carbonyl (C=O) groups excluding carboxylic acids is 1. The van der Waals surface area contributed by atoms with E-state index < -0.39 is 5.41 Å². The molecular formula is C27H30FN5O. The number of fused-ring (bicyclic) bond motifs is 2. The summed E-state index contributed by atoms with van der Waals surface area (Å²) in [4.78, 5) is 20.5. The molecule has 0 bridgehead atoms. The number of aromatic nitrogens is 2. The molecule has 7 heteroatoms. The number of aryl methyl sites for hydroxylation is 1. The van der Waals surface area contributed by atoms with Crippen LogP contribution in [0.5, 0.6) is 0 Å². The number of likely N-dealkylation sites (tertiary alicyclic amines) is 2. The van der Waals surface area contributed by atoms with E-state index in [2.05, 4.69) is 28.0 Å². The third-order valence-corrected chi connectivity index (χ3v) is 7.85. The SMILES string of the molecule is CN1CCCC(N2CC3(C2)C(=O)N(Cc2ccc(-c4cnn(C)c4)cc2F)c2ccccc23)C1. The van der Waals surface area contributed by atoms with Crippen molar-refractivity contribution in [2.75, 3.05) is 38.1 Å². The number of hydrogen-bond acceptors (Lipinski definition) is 4. The fourth-order valence-corrected chi connectivity index (χ4v) is 6.00. The van der Waals surface area contributed by atoms with Gasteiger partial charge in [-0.3, -0.25) is 14.4 Å². The average Bonchev–Trinajstić information content (AvgIpc) is 3.34. The molecule has 0 saturated carbocycles. The average molecular weight is 460 g/mol. The lowest BCUT2D eigenvalue weighted by atomic mass is 9.73. The summed E-state index contributed by atoms with van der Waals surface area (Å²) < 4.78 is 16.9. The number of rotatable bonds is 4. The number of nitrogens with zero attached hydrogens (tertiary/aromatic N) is 5. The topological polar surface area (TPSA) is 44.6 Å². The smallest absolute Gasteiger partial charge is 0.240 e. The Balaban J connectivity index is 1.25. The summed E-state index contributed by atoms with van der Waals surface area (Å²) in [5, 5.41) is 4.17. The van der Waals surface area contributed by atoms with Gasteiger partial charge < -0.3 is 9.80 Å². The molecule has 1 atom stereocenters. The Labute approximate surface area is 199 Å². The third kappa shape index (κ3) is 3.37. The van der Waals surface area contributed by atoms with E-state index in [-0.39, 0.29) is 18.3 Å². The fourth-order valence-electron chi connectivity index (χ4n) is 6.00. The Kier molecular flexibility index (Phi) is 5.08. The second-order valence-electron chi connectivity index (χ2n) is 10.2. The van der Waals surface area contributed by atoms with Gasteiger partial charge in [0.2, 0.25) is 5.91 Å². The second-order valence-corrected chi connectivity index (χ2v) is 10.2. The van der Waals surface area contributed by atoms with Crippen LogP contribution < -0.4 is 4.90 Å². The fraction of sp³-hybridized carbons (Fsp3) is 0.407. The van der Waals surface area contributed by atoms with Gasteiger partial charge in [0.25, 0.3) is 0 Å². The molecule has 1 spiro atoms. The monoisotopic (exact) mass is 459 g/mol. The summed E-state index contributed by atoms with van der Waals surface area (Å²) in [6.45, 7) is 3.95. The van der Waals surface area contributed by atoms with Crippen LogP contribution in [-0.4, -0.2) is 64.8 Å². The van der Waals surface area contributed by atoms with Gasteiger partial charge in [-0.1, -0.05) is 30.3 Å². The Morgan fingerprint density at radius 1 is 1.12 bits per heavy atom. The van der Waals surface area contributed by atoms with Crippen molar-refractivity contribution >= 4 is 11.6 Å². The van der Waals surface area contributed by atoms with Gasteiger partial charge in [-0.05, 0) is 49.7 Å². The van der Waals surface area contributed by atoms with Crippen LogP contribution in [-0.2, 0) is 23.8 Å². The van der Waals surface area contributed by atoms with Crippen LogP contribution in [0.1, 0.15) is 24.0 Å². The molecule has 176 valence electrons. The van der Waals surface area contributed by atoms with Crippen molar-refractivity contribution in [3.8, 4) is 11.1 Å². The molecule has 0 aliphatic carbocycles. The maximum atomic E-state index is 15.2. The first-order valence-electron chi connectivity index (χ1n) is 12.1. The number of hydrogen-bond donors (Lipinski definition) is 0. The maximum Gasteiger partial charge on any atom is 0.240 e.